The fourth-order valence-electron chi connectivity index (χ4n) is 2.04. The van der Waals surface area contributed by atoms with E-state index in [1.54, 1.807) is 12.1 Å². The van der Waals surface area contributed by atoms with Crippen LogP contribution in [0.5, 0.6) is 0 Å². The minimum atomic E-state index is -0.195. The summed E-state index contributed by atoms with van der Waals surface area (Å²) in [7, 11) is 0. The van der Waals surface area contributed by atoms with Crippen molar-refractivity contribution in [2.24, 2.45) is 5.73 Å². The maximum absolute atomic E-state index is 13.6. The number of halogens is 2. The largest absolute Gasteiger partial charge is 0.324 e. The molecule has 0 fully saturated rings. The molecule has 18 heavy (non-hydrogen) atoms. The molecule has 94 valence electrons. The van der Waals surface area contributed by atoms with Crippen molar-refractivity contribution in [2.45, 2.75) is 19.4 Å². The van der Waals surface area contributed by atoms with Gasteiger partial charge in [-0.1, -0.05) is 46.3 Å². The molecule has 1 unspecified atom stereocenters. The smallest absolute Gasteiger partial charge is 0.126 e. The SMILES string of the molecule is Cc1c(Br)cccc1C(N)Cc1ccccc1F. The Hall–Kier alpha value is -1.19. The van der Waals surface area contributed by atoms with Gasteiger partial charge in [0.25, 0.3) is 0 Å². The molecule has 0 amide bonds. The van der Waals surface area contributed by atoms with Crippen LogP contribution >= 0.6 is 15.9 Å². The van der Waals surface area contributed by atoms with Gasteiger partial charge in [0, 0.05) is 10.5 Å². The van der Waals surface area contributed by atoms with Gasteiger partial charge in [-0.05, 0) is 42.2 Å². The van der Waals surface area contributed by atoms with Crippen molar-refractivity contribution in [2.75, 3.05) is 0 Å². The number of hydrogen-bond acceptors (Lipinski definition) is 1. The van der Waals surface area contributed by atoms with Crippen molar-refractivity contribution < 1.29 is 4.39 Å². The average Bonchev–Trinajstić information content (AvgIpc) is 2.35. The summed E-state index contributed by atoms with van der Waals surface area (Å²) < 4.78 is 14.6. The first-order valence-corrected chi connectivity index (χ1v) is 6.63. The third kappa shape index (κ3) is 2.79. The van der Waals surface area contributed by atoms with E-state index in [1.807, 2.05) is 31.2 Å². The number of nitrogens with two attached hydrogens (primary N) is 1. The van der Waals surface area contributed by atoms with Crippen LogP contribution in [0.25, 0.3) is 0 Å². The van der Waals surface area contributed by atoms with Crippen LogP contribution in [0.1, 0.15) is 22.7 Å². The Morgan fingerprint density at radius 3 is 2.61 bits per heavy atom. The molecule has 1 atom stereocenters. The highest BCUT2D eigenvalue weighted by Gasteiger charge is 2.13. The van der Waals surface area contributed by atoms with Crippen LogP contribution < -0.4 is 5.73 Å². The van der Waals surface area contributed by atoms with Crippen molar-refractivity contribution >= 4 is 15.9 Å². The van der Waals surface area contributed by atoms with E-state index in [0.717, 1.165) is 15.6 Å². The second-order valence-corrected chi connectivity index (χ2v) is 5.21. The third-order valence-electron chi connectivity index (χ3n) is 3.11. The van der Waals surface area contributed by atoms with Crippen molar-refractivity contribution in [1.29, 1.82) is 0 Å². The zero-order valence-corrected chi connectivity index (χ0v) is 11.7. The summed E-state index contributed by atoms with van der Waals surface area (Å²) >= 11 is 3.48. The van der Waals surface area contributed by atoms with E-state index in [9.17, 15) is 4.39 Å². The van der Waals surface area contributed by atoms with Gasteiger partial charge in [0.05, 0.1) is 0 Å². The van der Waals surface area contributed by atoms with E-state index in [0.29, 0.717) is 12.0 Å². The molecule has 2 rings (SSSR count). The fraction of sp³-hybridized carbons (Fsp3) is 0.200. The Balaban J connectivity index is 2.25. The van der Waals surface area contributed by atoms with Crippen LogP contribution in [0, 0.1) is 12.7 Å². The number of rotatable bonds is 3. The molecule has 0 saturated heterocycles. The van der Waals surface area contributed by atoms with E-state index in [4.69, 9.17) is 5.73 Å². The summed E-state index contributed by atoms with van der Waals surface area (Å²) in [5.41, 5.74) is 9.00. The van der Waals surface area contributed by atoms with Crippen molar-refractivity contribution in [3.8, 4) is 0 Å². The summed E-state index contributed by atoms with van der Waals surface area (Å²) in [5, 5.41) is 0. The van der Waals surface area contributed by atoms with Crippen molar-refractivity contribution in [1.82, 2.24) is 0 Å². The van der Waals surface area contributed by atoms with E-state index in [-0.39, 0.29) is 11.9 Å². The van der Waals surface area contributed by atoms with Gasteiger partial charge in [-0.15, -0.1) is 0 Å². The first kappa shape index (κ1) is 13.2. The lowest BCUT2D eigenvalue weighted by Gasteiger charge is -2.16. The topological polar surface area (TPSA) is 26.0 Å². The number of benzene rings is 2. The average molecular weight is 308 g/mol. The van der Waals surface area contributed by atoms with Crippen LogP contribution in [-0.4, -0.2) is 0 Å². The lowest BCUT2D eigenvalue weighted by atomic mass is 9.96. The Morgan fingerprint density at radius 1 is 1.17 bits per heavy atom. The number of hydrogen-bond donors (Lipinski definition) is 1. The van der Waals surface area contributed by atoms with Crippen molar-refractivity contribution in [3.05, 3.63) is 69.4 Å². The molecule has 0 aliphatic heterocycles. The Kier molecular flexibility index (Phi) is 4.15. The zero-order chi connectivity index (χ0) is 13.1. The molecule has 0 radical (unpaired) electrons. The van der Waals surface area contributed by atoms with Gasteiger partial charge in [-0.3, -0.25) is 0 Å². The van der Waals surface area contributed by atoms with Gasteiger partial charge in [0.2, 0.25) is 0 Å². The lowest BCUT2D eigenvalue weighted by molar-refractivity contribution is 0.592. The van der Waals surface area contributed by atoms with Crippen LogP contribution in [0.3, 0.4) is 0 Å². The minimum absolute atomic E-state index is 0.194. The van der Waals surface area contributed by atoms with Crippen LogP contribution in [-0.2, 0) is 6.42 Å². The molecule has 0 aromatic heterocycles. The highest BCUT2D eigenvalue weighted by molar-refractivity contribution is 9.10. The molecular weight excluding hydrogens is 293 g/mol. The molecule has 0 aliphatic rings. The maximum atomic E-state index is 13.6. The van der Waals surface area contributed by atoms with E-state index >= 15 is 0 Å². The van der Waals surface area contributed by atoms with Crippen LogP contribution in [0.15, 0.2) is 46.9 Å². The molecule has 3 heteroatoms. The van der Waals surface area contributed by atoms with Crippen LogP contribution in [0.2, 0.25) is 0 Å². The van der Waals surface area contributed by atoms with Gasteiger partial charge in [-0.2, -0.15) is 0 Å². The monoisotopic (exact) mass is 307 g/mol. The molecule has 2 aromatic rings. The molecule has 0 aliphatic carbocycles. The quantitative estimate of drug-likeness (QED) is 0.906. The van der Waals surface area contributed by atoms with Gasteiger partial charge in [0.15, 0.2) is 0 Å². The van der Waals surface area contributed by atoms with E-state index in [2.05, 4.69) is 15.9 Å². The normalized spacial score (nSPS) is 12.4. The molecule has 0 spiro atoms. The second-order valence-electron chi connectivity index (χ2n) is 4.36. The predicted octanol–water partition coefficient (Wildman–Crippen LogP) is 4.14. The van der Waals surface area contributed by atoms with Gasteiger partial charge >= 0.3 is 0 Å². The van der Waals surface area contributed by atoms with Crippen molar-refractivity contribution in [3.63, 3.8) is 0 Å². The Labute approximate surface area is 115 Å². The molecular formula is C15H15BrFN. The highest BCUT2D eigenvalue weighted by Crippen LogP contribution is 2.26. The molecule has 0 saturated carbocycles. The summed E-state index contributed by atoms with van der Waals surface area (Å²) in [4.78, 5) is 0. The molecule has 2 N–H and O–H groups in total. The van der Waals surface area contributed by atoms with Gasteiger partial charge in [0.1, 0.15) is 5.82 Å². The lowest BCUT2D eigenvalue weighted by Crippen LogP contribution is -2.15. The zero-order valence-electron chi connectivity index (χ0n) is 10.2. The molecule has 0 heterocycles. The Morgan fingerprint density at radius 2 is 1.89 bits per heavy atom. The van der Waals surface area contributed by atoms with E-state index in [1.165, 1.54) is 6.07 Å². The van der Waals surface area contributed by atoms with Gasteiger partial charge < -0.3 is 5.73 Å². The fourth-order valence-corrected chi connectivity index (χ4v) is 2.42. The predicted molar refractivity (Wildman–Crippen MR) is 75.9 cm³/mol. The van der Waals surface area contributed by atoms with Gasteiger partial charge in [-0.25, -0.2) is 4.39 Å². The standard InChI is InChI=1S/C15H15BrFN/c1-10-12(6-4-7-13(10)16)15(18)9-11-5-2-3-8-14(11)17/h2-8,15H,9,18H2,1H3. The van der Waals surface area contributed by atoms with E-state index < -0.39 is 0 Å². The summed E-state index contributed by atoms with van der Waals surface area (Å²) in [6.07, 6.45) is 0.504. The summed E-state index contributed by atoms with van der Waals surface area (Å²) in [6.45, 7) is 2.01. The third-order valence-corrected chi connectivity index (χ3v) is 3.97. The first-order valence-electron chi connectivity index (χ1n) is 5.83. The molecule has 0 bridgehead atoms. The summed E-state index contributed by atoms with van der Waals surface area (Å²) in [5.74, 6) is -0.194. The maximum Gasteiger partial charge on any atom is 0.126 e. The first-order chi connectivity index (χ1) is 8.59. The summed E-state index contributed by atoms with van der Waals surface area (Å²) in [6, 6.07) is 12.5. The second kappa shape index (κ2) is 5.63. The molecule has 1 nitrogen and oxygen atoms in total. The van der Waals surface area contributed by atoms with Crippen LogP contribution in [0.4, 0.5) is 4.39 Å². The molecule has 2 aromatic carbocycles. The Bertz CT molecular complexity index is 554. The highest BCUT2D eigenvalue weighted by atomic mass is 79.9. The minimum Gasteiger partial charge on any atom is -0.324 e.